The maximum atomic E-state index is 13.2. The zero-order valence-electron chi connectivity index (χ0n) is 16.8. The van der Waals surface area contributed by atoms with Crippen LogP contribution < -0.4 is 15.6 Å². The van der Waals surface area contributed by atoms with Gasteiger partial charge in [0.15, 0.2) is 5.13 Å². The number of nitrogens with one attached hydrogen (secondary N) is 1. The molecule has 0 aliphatic carbocycles. The van der Waals surface area contributed by atoms with Crippen molar-refractivity contribution in [3.63, 3.8) is 0 Å². The second-order valence-corrected chi connectivity index (χ2v) is 7.79. The first-order chi connectivity index (χ1) is 14.9. The second kappa shape index (κ2) is 8.65. The van der Waals surface area contributed by atoms with Gasteiger partial charge in [0.25, 0.3) is 11.5 Å². The van der Waals surface area contributed by atoms with E-state index in [2.05, 4.69) is 15.4 Å². The number of anilines is 1. The monoisotopic (exact) mass is 438 g/mol. The molecule has 1 N–H and O–H groups in total. The van der Waals surface area contributed by atoms with Crippen molar-refractivity contribution in [3.05, 3.63) is 70.8 Å². The van der Waals surface area contributed by atoms with Gasteiger partial charge in [-0.3, -0.25) is 9.59 Å². The molecular formula is C22H19FN4O3S. The van der Waals surface area contributed by atoms with Crippen molar-refractivity contribution in [2.75, 3.05) is 11.9 Å². The van der Waals surface area contributed by atoms with E-state index in [0.717, 1.165) is 20.6 Å². The molecular weight excluding hydrogens is 419 g/mol. The number of rotatable bonds is 6. The lowest BCUT2D eigenvalue weighted by atomic mass is 10.1. The predicted molar refractivity (Wildman–Crippen MR) is 118 cm³/mol. The van der Waals surface area contributed by atoms with Crippen molar-refractivity contribution in [2.45, 2.75) is 19.9 Å². The number of aromatic nitrogens is 3. The van der Waals surface area contributed by atoms with Crippen LogP contribution in [-0.2, 0) is 4.79 Å². The lowest BCUT2D eigenvalue weighted by molar-refractivity contribution is -0.119. The van der Waals surface area contributed by atoms with Gasteiger partial charge in [0.1, 0.15) is 17.6 Å². The molecule has 0 bridgehead atoms. The molecule has 0 aliphatic rings. The molecule has 1 unspecified atom stereocenters. The Morgan fingerprint density at radius 1 is 1.19 bits per heavy atom. The Balaban J connectivity index is 1.56. The van der Waals surface area contributed by atoms with Crippen molar-refractivity contribution in [1.29, 1.82) is 0 Å². The van der Waals surface area contributed by atoms with Crippen LogP contribution >= 0.6 is 11.3 Å². The zero-order chi connectivity index (χ0) is 22.0. The minimum absolute atomic E-state index is 0.367. The summed E-state index contributed by atoms with van der Waals surface area (Å²) in [5.74, 6) is -0.0535. The normalized spacial score (nSPS) is 12.0. The average Bonchev–Trinajstić information content (AvgIpc) is 3.16. The summed E-state index contributed by atoms with van der Waals surface area (Å²) >= 11 is 1.32. The van der Waals surface area contributed by atoms with E-state index in [4.69, 9.17) is 4.74 Å². The maximum absolute atomic E-state index is 13.2. The Bertz CT molecular complexity index is 1300. The number of hydrogen-bond donors (Lipinski definition) is 1. The summed E-state index contributed by atoms with van der Waals surface area (Å²) in [5.41, 5.74) is 1.42. The number of amides is 1. The van der Waals surface area contributed by atoms with Crippen LogP contribution in [-0.4, -0.2) is 27.3 Å². The van der Waals surface area contributed by atoms with Gasteiger partial charge in [0.05, 0.1) is 22.5 Å². The lowest BCUT2D eigenvalue weighted by Gasteiger charge is -2.14. The molecule has 1 atom stereocenters. The van der Waals surface area contributed by atoms with Crippen molar-refractivity contribution < 1.29 is 13.9 Å². The molecule has 1 amide bonds. The number of benzene rings is 2. The molecule has 4 aromatic rings. The van der Waals surface area contributed by atoms with Crippen LogP contribution in [0.4, 0.5) is 9.52 Å². The second-order valence-electron chi connectivity index (χ2n) is 6.76. The van der Waals surface area contributed by atoms with Gasteiger partial charge in [0, 0.05) is 11.6 Å². The summed E-state index contributed by atoms with van der Waals surface area (Å²) in [6.07, 6.45) is 0. The number of fused-ring (bicyclic) bond motifs is 1. The highest BCUT2D eigenvalue weighted by atomic mass is 32.1. The molecule has 2 heterocycles. The fraction of sp³-hybridized carbons (Fsp3) is 0.182. The first-order valence-corrected chi connectivity index (χ1v) is 10.5. The molecule has 0 fully saturated rings. The standard InChI is InChI=1S/C22H19FN4O3S/c1-3-30-16-8-9-18-19(12-16)31-22(24-18)25-21(29)13(2)27-20(28)11-10-17(26-27)14-4-6-15(23)7-5-14/h4-13H,3H2,1-2H3,(H,24,25,29). The van der Waals surface area contributed by atoms with Gasteiger partial charge in [-0.1, -0.05) is 11.3 Å². The Morgan fingerprint density at radius 2 is 1.97 bits per heavy atom. The number of ether oxygens (including phenoxy) is 1. The highest BCUT2D eigenvalue weighted by molar-refractivity contribution is 7.22. The van der Waals surface area contributed by atoms with Gasteiger partial charge in [-0.15, -0.1) is 0 Å². The largest absolute Gasteiger partial charge is 0.494 e. The summed E-state index contributed by atoms with van der Waals surface area (Å²) in [4.78, 5) is 29.5. The molecule has 0 aliphatic heterocycles. The molecule has 4 rings (SSSR count). The topological polar surface area (TPSA) is 86.1 Å². The van der Waals surface area contributed by atoms with Crippen LogP contribution in [0.3, 0.4) is 0 Å². The number of carbonyl (C=O) groups is 1. The average molecular weight is 438 g/mol. The highest BCUT2D eigenvalue weighted by Crippen LogP contribution is 2.29. The molecule has 9 heteroatoms. The molecule has 0 spiro atoms. The molecule has 7 nitrogen and oxygen atoms in total. The molecule has 0 saturated heterocycles. The van der Waals surface area contributed by atoms with Crippen molar-refractivity contribution in [2.24, 2.45) is 0 Å². The summed E-state index contributed by atoms with van der Waals surface area (Å²) in [5, 5.41) is 7.47. The third-order valence-corrected chi connectivity index (χ3v) is 5.55. The predicted octanol–water partition coefficient (Wildman–Crippen LogP) is 4.26. The molecule has 2 aromatic carbocycles. The van der Waals surface area contributed by atoms with Crippen molar-refractivity contribution in [3.8, 4) is 17.0 Å². The third kappa shape index (κ3) is 4.46. The van der Waals surface area contributed by atoms with Crippen LogP contribution in [0, 0.1) is 5.82 Å². The van der Waals surface area contributed by atoms with E-state index in [1.54, 1.807) is 25.1 Å². The number of halogens is 1. The fourth-order valence-corrected chi connectivity index (χ4v) is 3.91. The number of thiazole rings is 1. The van der Waals surface area contributed by atoms with E-state index in [9.17, 15) is 14.0 Å². The summed E-state index contributed by atoms with van der Waals surface area (Å²) < 4.78 is 20.7. The SMILES string of the molecule is CCOc1ccc2nc(NC(=O)C(C)n3nc(-c4ccc(F)cc4)ccc3=O)sc2c1. The highest BCUT2D eigenvalue weighted by Gasteiger charge is 2.20. The lowest BCUT2D eigenvalue weighted by Crippen LogP contribution is -2.33. The Labute approximate surface area is 181 Å². The number of hydrogen-bond acceptors (Lipinski definition) is 6. The van der Waals surface area contributed by atoms with Crippen molar-refractivity contribution >= 4 is 32.6 Å². The Kier molecular flexibility index (Phi) is 5.77. The fourth-order valence-electron chi connectivity index (χ4n) is 3.01. The quantitative estimate of drug-likeness (QED) is 0.486. The first kappa shape index (κ1) is 20.7. The maximum Gasteiger partial charge on any atom is 0.267 e. The summed E-state index contributed by atoms with van der Waals surface area (Å²) in [7, 11) is 0. The first-order valence-electron chi connectivity index (χ1n) is 9.64. The van der Waals surface area contributed by atoms with Crippen LogP contribution in [0.5, 0.6) is 5.75 Å². The van der Waals surface area contributed by atoms with E-state index < -0.39 is 17.5 Å². The van der Waals surface area contributed by atoms with Gasteiger partial charge in [-0.05, 0) is 62.4 Å². The van der Waals surface area contributed by atoms with Crippen LogP contribution in [0.25, 0.3) is 21.5 Å². The van der Waals surface area contributed by atoms with Gasteiger partial charge in [-0.25, -0.2) is 14.1 Å². The van der Waals surface area contributed by atoms with Crippen LogP contribution in [0.2, 0.25) is 0 Å². The molecule has 31 heavy (non-hydrogen) atoms. The van der Waals surface area contributed by atoms with Gasteiger partial charge >= 0.3 is 0 Å². The van der Waals surface area contributed by atoms with Crippen molar-refractivity contribution in [1.82, 2.24) is 14.8 Å². The van der Waals surface area contributed by atoms with E-state index in [-0.39, 0.29) is 5.82 Å². The van der Waals surface area contributed by atoms with E-state index >= 15 is 0 Å². The van der Waals surface area contributed by atoms with Gasteiger partial charge in [-0.2, -0.15) is 5.10 Å². The van der Waals surface area contributed by atoms with Crippen LogP contribution in [0.1, 0.15) is 19.9 Å². The summed E-state index contributed by atoms with van der Waals surface area (Å²) in [6, 6.07) is 13.3. The number of carbonyl (C=O) groups excluding carboxylic acids is 1. The zero-order valence-corrected chi connectivity index (χ0v) is 17.6. The molecule has 0 radical (unpaired) electrons. The summed E-state index contributed by atoms with van der Waals surface area (Å²) in [6.45, 7) is 4.05. The minimum Gasteiger partial charge on any atom is -0.494 e. The van der Waals surface area contributed by atoms with Crippen LogP contribution in [0.15, 0.2) is 59.4 Å². The van der Waals surface area contributed by atoms with E-state index in [0.29, 0.717) is 23.0 Å². The number of nitrogens with zero attached hydrogens (tertiary/aromatic N) is 3. The molecule has 0 saturated carbocycles. The van der Waals surface area contributed by atoms with E-state index in [1.807, 2.05) is 25.1 Å². The Hall–Kier alpha value is -3.59. The van der Waals surface area contributed by atoms with Gasteiger partial charge < -0.3 is 10.1 Å². The minimum atomic E-state index is -0.876. The molecule has 2 aromatic heterocycles. The smallest absolute Gasteiger partial charge is 0.267 e. The van der Waals surface area contributed by atoms with Gasteiger partial charge in [0.2, 0.25) is 0 Å². The third-order valence-electron chi connectivity index (χ3n) is 4.61. The Morgan fingerprint density at radius 3 is 2.71 bits per heavy atom. The van der Waals surface area contributed by atoms with E-state index in [1.165, 1.54) is 29.5 Å². The molecule has 158 valence electrons.